The molecule has 0 saturated carbocycles. The van der Waals surface area contributed by atoms with Gasteiger partial charge in [0.2, 0.25) is 10.0 Å². The normalized spacial score (nSPS) is 22.0. The maximum absolute atomic E-state index is 12.7. The molecule has 2 fully saturated rings. The molecule has 2 aliphatic heterocycles. The van der Waals surface area contributed by atoms with Crippen LogP contribution in [0.1, 0.15) is 25.7 Å². The van der Waals surface area contributed by atoms with Gasteiger partial charge in [0, 0.05) is 38.4 Å². The lowest BCUT2D eigenvalue weighted by Crippen LogP contribution is -2.38. The number of alkyl halides is 3. The van der Waals surface area contributed by atoms with Crippen LogP contribution in [0.25, 0.3) is 0 Å². The third kappa shape index (κ3) is 6.32. The van der Waals surface area contributed by atoms with Gasteiger partial charge in [0.05, 0.1) is 10.6 Å². The molecular formula is C19H26F3N3O4S. The van der Waals surface area contributed by atoms with Gasteiger partial charge in [-0.05, 0) is 50.7 Å². The van der Waals surface area contributed by atoms with Gasteiger partial charge in [-0.2, -0.15) is 4.31 Å². The van der Waals surface area contributed by atoms with Crippen LogP contribution in [0.4, 0.5) is 13.2 Å². The molecule has 30 heavy (non-hydrogen) atoms. The third-order valence-corrected chi connectivity index (χ3v) is 7.13. The molecule has 2 saturated heterocycles. The zero-order chi connectivity index (χ0) is 21.8. The highest BCUT2D eigenvalue weighted by atomic mass is 32.2. The Balaban J connectivity index is 1.51. The molecule has 0 N–H and O–H groups in total. The quantitative estimate of drug-likeness (QED) is 0.625. The molecule has 2 heterocycles. The monoisotopic (exact) mass is 449 g/mol. The number of hydrogen-bond donors (Lipinski definition) is 0. The van der Waals surface area contributed by atoms with Crippen molar-refractivity contribution in [2.75, 3.05) is 39.8 Å². The van der Waals surface area contributed by atoms with Crippen LogP contribution in [0.5, 0.6) is 5.75 Å². The molecule has 0 aliphatic carbocycles. The topological polar surface area (TPSA) is 71.4 Å². The molecule has 11 heteroatoms. The summed E-state index contributed by atoms with van der Waals surface area (Å²) in [4.78, 5) is 7.71. The summed E-state index contributed by atoms with van der Waals surface area (Å²) in [5.74, 6) is -0.00585. The zero-order valence-corrected chi connectivity index (χ0v) is 17.6. The maximum atomic E-state index is 12.7. The number of sulfonamides is 1. The first-order valence-corrected chi connectivity index (χ1v) is 11.3. The van der Waals surface area contributed by atoms with E-state index >= 15 is 0 Å². The van der Waals surface area contributed by atoms with E-state index in [4.69, 9.17) is 4.84 Å². The molecule has 1 aromatic rings. The number of hydrogen-bond acceptors (Lipinski definition) is 6. The Labute approximate surface area is 174 Å². The second-order valence-corrected chi connectivity index (χ2v) is 9.59. The van der Waals surface area contributed by atoms with Crippen LogP contribution in [-0.4, -0.2) is 69.5 Å². The minimum absolute atomic E-state index is 0.0740. The molecule has 1 unspecified atom stereocenters. The summed E-state index contributed by atoms with van der Waals surface area (Å²) in [6.45, 7) is 3.15. The molecule has 7 nitrogen and oxygen atoms in total. The molecule has 1 aromatic carbocycles. The summed E-state index contributed by atoms with van der Waals surface area (Å²) in [6.07, 6.45) is -1.64. The lowest BCUT2D eigenvalue weighted by molar-refractivity contribution is -0.274. The van der Waals surface area contributed by atoms with Crippen LogP contribution in [0.3, 0.4) is 0 Å². The summed E-state index contributed by atoms with van der Waals surface area (Å²) in [5.41, 5.74) is 0.819. The van der Waals surface area contributed by atoms with Crippen LogP contribution >= 0.6 is 0 Å². The third-order valence-electron chi connectivity index (χ3n) is 5.22. The summed E-state index contributed by atoms with van der Waals surface area (Å²) < 4.78 is 67.3. The number of halogens is 3. The van der Waals surface area contributed by atoms with E-state index in [2.05, 4.69) is 21.8 Å². The highest BCUT2D eigenvalue weighted by Gasteiger charge is 2.32. The number of likely N-dealkylation sites (tertiary alicyclic amines) is 1. The van der Waals surface area contributed by atoms with Crippen molar-refractivity contribution < 1.29 is 31.2 Å². The molecule has 3 rings (SSSR count). The Morgan fingerprint density at radius 1 is 1.13 bits per heavy atom. The number of oxime groups is 1. The lowest BCUT2D eigenvalue weighted by Gasteiger charge is -2.29. The van der Waals surface area contributed by atoms with E-state index in [0.29, 0.717) is 25.4 Å². The van der Waals surface area contributed by atoms with E-state index in [1.54, 1.807) is 0 Å². The fourth-order valence-corrected chi connectivity index (χ4v) is 5.12. The van der Waals surface area contributed by atoms with Crippen molar-refractivity contribution in [3.63, 3.8) is 0 Å². The highest BCUT2D eigenvalue weighted by molar-refractivity contribution is 7.89. The molecule has 1 atom stereocenters. The van der Waals surface area contributed by atoms with E-state index in [1.165, 1.54) is 4.31 Å². The van der Waals surface area contributed by atoms with Crippen molar-refractivity contribution in [1.29, 1.82) is 0 Å². The maximum Gasteiger partial charge on any atom is 0.573 e. The van der Waals surface area contributed by atoms with Gasteiger partial charge >= 0.3 is 6.36 Å². The highest BCUT2D eigenvalue weighted by Crippen LogP contribution is 2.26. The minimum Gasteiger partial charge on any atom is -0.406 e. The first-order valence-electron chi connectivity index (χ1n) is 9.86. The van der Waals surface area contributed by atoms with E-state index in [9.17, 15) is 21.6 Å². The molecule has 0 aromatic heterocycles. The van der Waals surface area contributed by atoms with Crippen molar-refractivity contribution in [2.24, 2.45) is 11.1 Å². The lowest BCUT2D eigenvalue weighted by atomic mass is 10.00. The molecule has 0 amide bonds. The Morgan fingerprint density at radius 2 is 1.80 bits per heavy atom. The van der Waals surface area contributed by atoms with Crippen LogP contribution in [-0.2, 0) is 14.9 Å². The number of rotatable bonds is 6. The number of piperidine rings is 2. The SMILES string of the molecule is CN1CCCC(CON=C2CCN(S(=O)(=O)c3ccc(OC(F)(F)F)cc3)CC2)C1. The van der Waals surface area contributed by atoms with Crippen LogP contribution in [0.15, 0.2) is 34.3 Å². The summed E-state index contributed by atoms with van der Waals surface area (Å²) in [5, 5.41) is 4.19. The number of nitrogens with zero attached hydrogens (tertiary/aromatic N) is 3. The number of ether oxygens (including phenoxy) is 1. The molecule has 0 bridgehead atoms. The fraction of sp³-hybridized carbons (Fsp3) is 0.632. The number of benzene rings is 1. The van der Waals surface area contributed by atoms with Crippen molar-refractivity contribution in [3.8, 4) is 5.75 Å². The van der Waals surface area contributed by atoms with Gasteiger partial charge < -0.3 is 14.5 Å². The average Bonchev–Trinajstić information content (AvgIpc) is 2.68. The van der Waals surface area contributed by atoms with Gasteiger partial charge in [0.25, 0.3) is 0 Å². The predicted molar refractivity (Wildman–Crippen MR) is 105 cm³/mol. The van der Waals surface area contributed by atoms with Crippen molar-refractivity contribution in [2.45, 2.75) is 36.9 Å². The van der Waals surface area contributed by atoms with Crippen LogP contribution in [0, 0.1) is 5.92 Å². The molecular weight excluding hydrogens is 423 g/mol. The van der Waals surface area contributed by atoms with Gasteiger partial charge in [-0.25, -0.2) is 8.42 Å². The first kappa shape index (κ1) is 22.8. The molecule has 2 aliphatic rings. The van der Waals surface area contributed by atoms with E-state index in [1.807, 2.05) is 0 Å². The summed E-state index contributed by atoms with van der Waals surface area (Å²) in [7, 11) is -1.71. The standard InChI is InChI=1S/C19H26F3N3O4S/c1-24-10-2-3-15(13-24)14-28-23-16-8-11-25(12-9-16)30(26,27)18-6-4-17(5-7-18)29-19(20,21)22/h4-7,15H,2-3,8-14H2,1H3. The van der Waals surface area contributed by atoms with Gasteiger partial charge in [0.1, 0.15) is 12.4 Å². The smallest absolute Gasteiger partial charge is 0.406 e. The Bertz CT molecular complexity index is 834. The summed E-state index contributed by atoms with van der Waals surface area (Å²) in [6, 6.07) is 4.22. The van der Waals surface area contributed by atoms with Crippen molar-refractivity contribution in [1.82, 2.24) is 9.21 Å². The predicted octanol–water partition coefficient (Wildman–Crippen LogP) is 3.08. The minimum atomic E-state index is -4.82. The second kappa shape index (κ2) is 9.52. The Kier molecular flexibility index (Phi) is 7.25. The van der Waals surface area contributed by atoms with Crippen molar-refractivity contribution in [3.05, 3.63) is 24.3 Å². The van der Waals surface area contributed by atoms with Gasteiger partial charge in [-0.1, -0.05) is 5.16 Å². The van der Waals surface area contributed by atoms with Crippen molar-refractivity contribution >= 4 is 15.7 Å². The second-order valence-electron chi connectivity index (χ2n) is 7.65. The Hall–Kier alpha value is -1.85. The molecule has 0 spiro atoms. The molecule has 168 valence electrons. The zero-order valence-electron chi connectivity index (χ0n) is 16.8. The van der Waals surface area contributed by atoms with Gasteiger partial charge in [0.15, 0.2) is 0 Å². The Morgan fingerprint density at radius 3 is 2.40 bits per heavy atom. The van der Waals surface area contributed by atoms with E-state index in [0.717, 1.165) is 55.9 Å². The largest absolute Gasteiger partial charge is 0.573 e. The van der Waals surface area contributed by atoms with Gasteiger partial charge in [-0.3, -0.25) is 0 Å². The van der Waals surface area contributed by atoms with Gasteiger partial charge in [-0.15, -0.1) is 13.2 Å². The first-order chi connectivity index (χ1) is 14.1. The van der Waals surface area contributed by atoms with Crippen LogP contribution < -0.4 is 4.74 Å². The van der Waals surface area contributed by atoms with E-state index in [-0.39, 0.29) is 18.0 Å². The fourth-order valence-electron chi connectivity index (χ4n) is 3.68. The van der Waals surface area contributed by atoms with Crippen LogP contribution in [0.2, 0.25) is 0 Å². The average molecular weight is 449 g/mol. The molecule has 0 radical (unpaired) electrons. The van der Waals surface area contributed by atoms with E-state index < -0.39 is 22.1 Å². The summed E-state index contributed by atoms with van der Waals surface area (Å²) >= 11 is 0.